The quantitative estimate of drug-likeness (QED) is 0.228. The zero-order valence-electron chi connectivity index (χ0n) is 23.0. The highest BCUT2D eigenvalue weighted by molar-refractivity contribution is 14.1. The summed E-state index contributed by atoms with van der Waals surface area (Å²) >= 11 is 5.54. The molecule has 4 rings (SSSR count). The van der Waals surface area contributed by atoms with Crippen molar-refractivity contribution in [2.24, 2.45) is 4.99 Å². The summed E-state index contributed by atoms with van der Waals surface area (Å²) in [6.07, 6.45) is 1.73. The largest absolute Gasteiger partial charge is 0.493 e. The molecule has 0 fully saturated rings. The van der Waals surface area contributed by atoms with Gasteiger partial charge in [0.05, 0.1) is 48.8 Å². The fourth-order valence-electron chi connectivity index (χ4n) is 4.37. The maximum absolute atomic E-state index is 14.0. The highest BCUT2D eigenvalue weighted by Gasteiger charge is 2.34. The molecule has 1 aliphatic heterocycles. The van der Waals surface area contributed by atoms with Crippen LogP contribution in [0.5, 0.6) is 17.2 Å². The summed E-state index contributed by atoms with van der Waals surface area (Å²) in [6, 6.07) is 10.4. The summed E-state index contributed by atoms with van der Waals surface area (Å²) in [5.74, 6) is 1.13. The van der Waals surface area contributed by atoms with E-state index in [2.05, 4.69) is 50.2 Å². The van der Waals surface area contributed by atoms with Crippen LogP contribution < -0.4 is 29.1 Å². The lowest BCUT2D eigenvalue weighted by Gasteiger charge is -2.25. The second-order valence-corrected chi connectivity index (χ2v) is 12.5. The Bertz CT molecular complexity index is 1730. The van der Waals surface area contributed by atoms with Gasteiger partial charge >= 0.3 is 5.97 Å². The van der Waals surface area contributed by atoms with Crippen LogP contribution in [0, 0.1) is 18.5 Å². The molecule has 0 saturated carbocycles. The average molecular weight is 799 g/mol. The van der Waals surface area contributed by atoms with Crippen molar-refractivity contribution in [1.82, 2.24) is 4.57 Å². The minimum Gasteiger partial charge on any atom is -0.493 e. The summed E-state index contributed by atoms with van der Waals surface area (Å²) in [5, 5.41) is 8.88. The Balaban J connectivity index is 1.91. The van der Waals surface area contributed by atoms with Gasteiger partial charge in [0.15, 0.2) is 22.9 Å². The predicted molar refractivity (Wildman–Crippen MR) is 172 cm³/mol. The van der Waals surface area contributed by atoms with Gasteiger partial charge in [-0.25, -0.2) is 9.79 Å². The molecule has 3 aromatic rings. The first-order valence-electron chi connectivity index (χ1n) is 12.6. The van der Waals surface area contributed by atoms with Crippen LogP contribution in [0.4, 0.5) is 0 Å². The number of carbonyl (C=O) groups is 1. The van der Waals surface area contributed by atoms with Crippen LogP contribution in [0.25, 0.3) is 6.08 Å². The van der Waals surface area contributed by atoms with Gasteiger partial charge in [-0.1, -0.05) is 17.4 Å². The molecule has 9 nitrogen and oxygen atoms in total. The summed E-state index contributed by atoms with van der Waals surface area (Å²) in [6.45, 7) is 7.45. The monoisotopic (exact) mass is 799 g/mol. The van der Waals surface area contributed by atoms with Crippen LogP contribution in [0.2, 0.25) is 0 Å². The van der Waals surface area contributed by atoms with Crippen LogP contribution in [-0.4, -0.2) is 37.0 Å². The molecule has 0 bridgehead atoms. The van der Waals surface area contributed by atoms with Gasteiger partial charge in [-0.3, -0.25) is 9.36 Å². The normalized spacial score (nSPS) is 14.8. The Morgan fingerprint density at radius 2 is 1.93 bits per heavy atom. The maximum atomic E-state index is 14.0. The number of nitrogens with zero attached hydrogens (tertiary/aromatic N) is 3. The molecule has 0 saturated heterocycles. The third-order valence-corrected chi connectivity index (χ3v) is 8.57. The Labute approximate surface area is 268 Å². The van der Waals surface area contributed by atoms with Gasteiger partial charge in [-0.15, -0.1) is 0 Å². The van der Waals surface area contributed by atoms with Crippen molar-refractivity contribution >= 4 is 68.6 Å². The Morgan fingerprint density at radius 3 is 2.54 bits per heavy atom. The lowest BCUT2D eigenvalue weighted by Crippen LogP contribution is -2.40. The number of halogens is 2. The lowest BCUT2D eigenvalue weighted by atomic mass is 9.95. The number of hydrogen-bond donors (Lipinski definition) is 0. The molecule has 2 aromatic carbocycles. The highest BCUT2D eigenvalue weighted by Crippen LogP contribution is 2.36. The van der Waals surface area contributed by atoms with E-state index < -0.39 is 12.0 Å². The van der Waals surface area contributed by atoms with E-state index in [0.29, 0.717) is 37.8 Å². The van der Waals surface area contributed by atoms with Crippen LogP contribution in [0.3, 0.4) is 0 Å². The first-order valence-corrected chi connectivity index (χ1v) is 15.6. The van der Waals surface area contributed by atoms with E-state index >= 15 is 0 Å². The van der Waals surface area contributed by atoms with Gasteiger partial charge in [-0.2, -0.15) is 5.26 Å². The molecule has 0 spiro atoms. The van der Waals surface area contributed by atoms with Gasteiger partial charge in [0.25, 0.3) is 5.56 Å². The van der Waals surface area contributed by atoms with E-state index in [1.807, 2.05) is 38.1 Å². The number of ether oxygens (including phenoxy) is 4. The molecule has 0 N–H and O–H groups in total. The molecule has 214 valence electrons. The standard InChI is InChI=1S/C29H27I2N3O6S/c1-6-38-28(36)24-16(4)33-29-34(25(24)18-7-8-21(40-15(2)3)22(14-18)37-5)27(35)23(41-29)13-17-11-19(30)26(20(31)12-17)39-10-9-32/h7-8,11-15,25H,6,10H2,1-5H3/b23-13-/t25-/m1/s1. The number of esters is 1. The van der Waals surface area contributed by atoms with Gasteiger partial charge in [0.1, 0.15) is 11.8 Å². The second-order valence-electron chi connectivity index (χ2n) is 9.14. The smallest absolute Gasteiger partial charge is 0.338 e. The second kappa shape index (κ2) is 13.4. The number of aromatic nitrogens is 1. The van der Waals surface area contributed by atoms with Crippen LogP contribution in [0.15, 0.2) is 51.4 Å². The van der Waals surface area contributed by atoms with E-state index in [4.69, 9.17) is 24.2 Å². The van der Waals surface area contributed by atoms with Crippen molar-refractivity contribution in [2.75, 3.05) is 20.3 Å². The van der Waals surface area contributed by atoms with Gasteiger partial charge in [0.2, 0.25) is 0 Å². The van der Waals surface area contributed by atoms with Crippen molar-refractivity contribution < 1.29 is 23.7 Å². The summed E-state index contributed by atoms with van der Waals surface area (Å²) < 4.78 is 26.1. The average Bonchev–Trinajstić information content (AvgIpc) is 3.21. The minimum absolute atomic E-state index is 0.0541. The Morgan fingerprint density at radius 1 is 1.22 bits per heavy atom. The number of carbonyl (C=O) groups excluding carboxylic acids is 1. The van der Waals surface area contributed by atoms with Crippen molar-refractivity contribution in [1.29, 1.82) is 5.26 Å². The molecule has 0 aliphatic carbocycles. The fraction of sp³-hybridized carbons (Fsp3) is 0.310. The van der Waals surface area contributed by atoms with Crippen molar-refractivity contribution in [3.8, 4) is 23.3 Å². The number of hydrogen-bond acceptors (Lipinski definition) is 9. The van der Waals surface area contributed by atoms with Gasteiger partial charge < -0.3 is 18.9 Å². The van der Waals surface area contributed by atoms with Crippen molar-refractivity contribution in [3.63, 3.8) is 0 Å². The first kappa shape index (κ1) is 31.0. The first-order chi connectivity index (χ1) is 19.6. The zero-order chi connectivity index (χ0) is 29.8. The predicted octanol–water partition coefficient (Wildman–Crippen LogP) is 4.71. The number of rotatable bonds is 9. The molecule has 1 aromatic heterocycles. The Kier molecular flexibility index (Phi) is 10.1. The summed E-state index contributed by atoms with van der Waals surface area (Å²) in [7, 11) is 1.55. The van der Waals surface area contributed by atoms with Gasteiger partial charge in [-0.05, 0) is 114 Å². The highest BCUT2D eigenvalue weighted by atomic mass is 127. The summed E-state index contributed by atoms with van der Waals surface area (Å²) in [5.41, 5.74) is 1.93. The summed E-state index contributed by atoms with van der Waals surface area (Å²) in [4.78, 5) is 32.3. The van der Waals surface area contributed by atoms with Crippen molar-refractivity contribution in [3.05, 3.63) is 79.6 Å². The number of thiazole rings is 1. The lowest BCUT2D eigenvalue weighted by molar-refractivity contribution is -0.139. The van der Waals surface area contributed by atoms with E-state index in [0.717, 1.165) is 12.7 Å². The Hall–Kier alpha value is -2.90. The molecule has 12 heteroatoms. The molecular formula is C29H27I2N3O6S. The fourth-order valence-corrected chi connectivity index (χ4v) is 7.54. The molecule has 1 aliphatic rings. The number of nitriles is 1. The molecule has 2 heterocycles. The van der Waals surface area contributed by atoms with E-state index in [9.17, 15) is 9.59 Å². The molecule has 1 atom stereocenters. The molecule has 41 heavy (non-hydrogen) atoms. The molecule has 0 amide bonds. The molecular weight excluding hydrogens is 772 g/mol. The van der Waals surface area contributed by atoms with Gasteiger partial charge in [0, 0.05) is 0 Å². The maximum Gasteiger partial charge on any atom is 0.338 e. The van der Waals surface area contributed by atoms with Crippen molar-refractivity contribution in [2.45, 2.75) is 39.8 Å². The number of allylic oxidation sites excluding steroid dienone is 1. The number of methoxy groups -OCH3 is 1. The van der Waals surface area contributed by atoms with E-state index in [1.165, 1.54) is 15.9 Å². The van der Waals surface area contributed by atoms with Crippen LogP contribution in [-0.2, 0) is 9.53 Å². The molecule has 0 radical (unpaired) electrons. The topological polar surface area (TPSA) is 112 Å². The van der Waals surface area contributed by atoms with E-state index in [-0.39, 0.29) is 30.5 Å². The third kappa shape index (κ3) is 6.62. The van der Waals surface area contributed by atoms with Crippen LogP contribution >= 0.6 is 56.5 Å². The third-order valence-electron chi connectivity index (χ3n) is 5.98. The van der Waals surface area contributed by atoms with Crippen LogP contribution in [0.1, 0.15) is 44.9 Å². The van der Waals surface area contributed by atoms with E-state index in [1.54, 1.807) is 39.2 Å². The SMILES string of the molecule is CCOC(=O)C1=C(C)N=c2s/c(=C\c3cc(I)c(OCC#N)c(I)c3)c(=O)n2[C@@H]1c1ccc(OC(C)C)c(OC)c1. The number of benzene rings is 2. The zero-order valence-corrected chi connectivity index (χ0v) is 28.1. The minimum atomic E-state index is -0.781. The number of fused-ring (bicyclic) bond motifs is 1. The molecule has 0 unspecified atom stereocenters.